The molecule has 1 aliphatic rings. The Morgan fingerprint density at radius 1 is 0.826 bits per heavy atom. The van der Waals surface area contributed by atoms with Gasteiger partial charge in [0.25, 0.3) is 0 Å². The summed E-state index contributed by atoms with van der Waals surface area (Å²) in [6, 6.07) is 29.8. The molecule has 1 fully saturated rings. The van der Waals surface area contributed by atoms with E-state index in [2.05, 4.69) is 5.32 Å². The minimum atomic E-state index is -3.93. The Morgan fingerprint density at radius 2 is 1.41 bits per heavy atom. The van der Waals surface area contributed by atoms with Crippen LogP contribution in [0.1, 0.15) is 36.8 Å². The second-order valence-corrected chi connectivity index (χ2v) is 13.4. The van der Waals surface area contributed by atoms with Crippen LogP contribution in [0.15, 0.2) is 109 Å². The molecule has 10 heteroatoms. The lowest BCUT2D eigenvalue weighted by Crippen LogP contribution is -2.54. The Balaban J connectivity index is 1.45. The van der Waals surface area contributed by atoms with E-state index < -0.39 is 34.3 Å². The van der Waals surface area contributed by atoms with Gasteiger partial charge in [-0.15, -0.1) is 0 Å². The number of amides is 2. The standard InChI is InChI=1S/C36H38FN3O5S/c1-46(43,44)40(31-20-22-33(23-21-31)45-32-14-6-3-7-15-32)26-35(41)39(25-28-16-18-29(37)19-17-28)34(24-27-10-4-2-5-11-27)36(42)38-30-12-8-9-13-30/h2-7,10-11,14-23,30,34H,8-9,12-13,24-26H2,1H3,(H,38,42)/t34-/m1/s1. The zero-order chi connectivity index (χ0) is 32.5. The van der Waals surface area contributed by atoms with Crippen LogP contribution in [-0.4, -0.2) is 50.0 Å². The van der Waals surface area contributed by atoms with Gasteiger partial charge in [0.2, 0.25) is 21.8 Å². The first kappa shape index (κ1) is 32.7. The van der Waals surface area contributed by atoms with Gasteiger partial charge < -0.3 is 15.0 Å². The van der Waals surface area contributed by atoms with Gasteiger partial charge >= 0.3 is 0 Å². The summed E-state index contributed by atoms with van der Waals surface area (Å²) in [4.78, 5) is 29.6. The van der Waals surface area contributed by atoms with Crippen LogP contribution in [0, 0.1) is 5.82 Å². The van der Waals surface area contributed by atoms with Crippen LogP contribution in [0.2, 0.25) is 0 Å². The molecule has 1 aliphatic carbocycles. The Morgan fingerprint density at radius 3 is 2.02 bits per heavy atom. The van der Waals surface area contributed by atoms with Gasteiger partial charge in [0.1, 0.15) is 29.9 Å². The first-order valence-corrected chi connectivity index (χ1v) is 17.2. The number of hydrogen-bond acceptors (Lipinski definition) is 5. The van der Waals surface area contributed by atoms with Gasteiger partial charge in [-0.2, -0.15) is 0 Å². The summed E-state index contributed by atoms with van der Waals surface area (Å²) in [5.41, 5.74) is 1.72. The number of para-hydroxylation sites is 1. The van der Waals surface area contributed by atoms with Gasteiger partial charge in [-0.25, -0.2) is 12.8 Å². The maximum Gasteiger partial charge on any atom is 0.244 e. The molecule has 0 bridgehead atoms. The van der Waals surface area contributed by atoms with Crippen molar-refractivity contribution in [3.8, 4) is 11.5 Å². The molecule has 0 heterocycles. The molecule has 2 amide bonds. The maximum absolute atomic E-state index is 14.3. The van der Waals surface area contributed by atoms with Crippen molar-refractivity contribution in [2.45, 2.75) is 50.7 Å². The van der Waals surface area contributed by atoms with Crippen molar-refractivity contribution in [3.05, 3.63) is 126 Å². The van der Waals surface area contributed by atoms with Crippen molar-refractivity contribution in [2.75, 3.05) is 17.1 Å². The fraction of sp³-hybridized carbons (Fsp3) is 0.278. The molecule has 46 heavy (non-hydrogen) atoms. The number of rotatable bonds is 13. The Labute approximate surface area is 269 Å². The van der Waals surface area contributed by atoms with Crippen LogP contribution in [0.3, 0.4) is 0 Å². The number of halogens is 1. The summed E-state index contributed by atoms with van der Waals surface area (Å²) in [6.45, 7) is -0.558. The second-order valence-electron chi connectivity index (χ2n) is 11.5. The number of anilines is 1. The summed E-state index contributed by atoms with van der Waals surface area (Å²) in [5, 5.41) is 3.13. The van der Waals surface area contributed by atoms with Gasteiger partial charge in [0.05, 0.1) is 11.9 Å². The van der Waals surface area contributed by atoms with Gasteiger partial charge in [-0.3, -0.25) is 13.9 Å². The van der Waals surface area contributed by atoms with Crippen LogP contribution >= 0.6 is 0 Å². The van der Waals surface area contributed by atoms with E-state index in [4.69, 9.17) is 4.74 Å². The average molecular weight is 644 g/mol. The normalized spacial score (nSPS) is 14.0. The number of hydrogen-bond donors (Lipinski definition) is 1. The van der Waals surface area contributed by atoms with Crippen molar-refractivity contribution in [2.24, 2.45) is 0 Å². The van der Waals surface area contributed by atoms with Gasteiger partial charge in [0, 0.05) is 19.0 Å². The first-order chi connectivity index (χ1) is 22.2. The topological polar surface area (TPSA) is 96.0 Å². The third kappa shape index (κ3) is 8.94. The van der Waals surface area contributed by atoms with Crippen LogP contribution in [0.5, 0.6) is 11.5 Å². The zero-order valence-corrected chi connectivity index (χ0v) is 26.5. The van der Waals surface area contributed by atoms with Crippen LogP contribution in [-0.2, 0) is 32.6 Å². The lowest BCUT2D eigenvalue weighted by Gasteiger charge is -2.34. The predicted molar refractivity (Wildman–Crippen MR) is 176 cm³/mol. The summed E-state index contributed by atoms with van der Waals surface area (Å²) in [5.74, 6) is -0.174. The summed E-state index contributed by atoms with van der Waals surface area (Å²) >= 11 is 0. The number of carbonyl (C=O) groups is 2. The number of sulfonamides is 1. The molecular formula is C36H38FN3O5S. The molecular weight excluding hydrogens is 605 g/mol. The van der Waals surface area contributed by atoms with Crippen molar-refractivity contribution < 1.29 is 27.1 Å². The molecule has 1 N–H and O–H groups in total. The molecule has 8 nitrogen and oxygen atoms in total. The van der Waals surface area contributed by atoms with E-state index in [1.54, 1.807) is 48.5 Å². The van der Waals surface area contributed by atoms with Crippen LogP contribution < -0.4 is 14.4 Å². The fourth-order valence-electron chi connectivity index (χ4n) is 5.63. The first-order valence-electron chi connectivity index (χ1n) is 15.3. The third-order valence-electron chi connectivity index (χ3n) is 8.02. The lowest BCUT2D eigenvalue weighted by atomic mass is 10.0. The molecule has 1 atom stereocenters. The van der Waals surface area contributed by atoms with Crippen molar-refractivity contribution in [1.29, 1.82) is 0 Å². The Bertz CT molecular complexity index is 1700. The monoisotopic (exact) mass is 643 g/mol. The molecule has 5 rings (SSSR count). The van der Waals surface area contributed by atoms with E-state index >= 15 is 0 Å². The highest BCUT2D eigenvalue weighted by atomic mass is 32.2. The van der Waals surface area contributed by atoms with Crippen molar-refractivity contribution in [1.82, 2.24) is 10.2 Å². The zero-order valence-electron chi connectivity index (χ0n) is 25.7. The minimum absolute atomic E-state index is 0.0117. The third-order valence-corrected chi connectivity index (χ3v) is 9.16. The fourth-order valence-corrected chi connectivity index (χ4v) is 6.48. The predicted octanol–water partition coefficient (Wildman–Crippen LogP) is 6.08. The van der Waals surface area contributed by atoms with Crippen molar-refractivity contribution in [3.63, 3.8) is 0 Å². The van der Waals surface area contributed by atoms with E-state index in [1.165, 1.54) is 17.0 Å². The molecule has 0 saturated heterocycles. The molecule has 0 aromatic heterocycles. The molecule has 0 unspecified atom stereocenters. The highest BCUT2D eigenvalue weighted by Crippen LogP contribution is 2.26. The highest BCUT2D eigenvalue weighted by Gasteiger charge is 2.34. The van der Waals surface area contributed by atoms with Crippen LogP contribution in [0.25, 0.3) is 0 Å². The highest BCUT2D eigenvalue weighted by molar-refractivity contribution is 7.92. The maximum atomic E-state index is 14.3. The number of ether oxygens (including phenoxy) is 1. The molecule has 1 saturated carbocycles. The molecule has 0 spiro atoms. The Hall–Kier alpha value is -4.70. The number of benzene rings is 4. The molecule has 240 valence electrons. The summed E-state index contributed by atoms with van der Waals surface area (Å²) in [7, 11) is -3.93. The quantitative estimate of drug-likeness (QED) is 0.191. The summed E-state index contributed by atoms with van der Waals surface area (Å²) < 4.78 is 46.8. The van der Waals surface area contributed by atoms with Crippen molar-refractivity contribution >= 4 is 27.5 Å². The average Bonchev–Trinajstić information content (AvgIpc) is 3.56. The van der Waals surface area contributed by atoms with Gasteiger partial charge in [-0.1, -0.05) is 73.5 Å². The lowest BCUT2D eigenvalue weighted by molar-refractivity contribution is -0.140. The number of carbonyl (C=O) groups excluding carboxylic acids is 2. The number of nitrogens with one attached hydrogen (secondary N) is 1. The SMILES string of the molecule is CS(=O)(=O)N(CC(=O)N(Cc1ccc(F)cc1)[C@H](Cc1ccccc1)C(=O)NC1CCCC1)c1ccc(Oc2ccccc2)cc1. The second kappa shape index (κ2) is 15.1. The van der Waals surface area contributed by atoms with Gasteiger partial charge in [0.15, 0.2) is 0 Å². The van der Waals surface area contributed by atoms with E-state index in [0.717, 1.165) is 41.8 Å². The molecule has 4 aromatic carbocycles. The van der Waals surface area contributed by atoms with E-state index in [-0.39, 0.29) is 30.6 Å². The minimum Gasteiger partial charge on any atom is -0.457 e. The van der Waals surface area contributed by atoms with E-state index in [9.17, 15) is 22.4 Å². The van der Waals surface area contributed by atoms with Gasteiger partial charge in [-0.05, 0) is 72.5 Å². The summed E-state index contributed by atoms with van der Waals surface area (Å²) in [6.07, 6.45) is 5.02. The van der Waals surface area contributed by atoms with Crippen LogP contribution in [0.4, 0.5) is 10.1 Å². The smallest absolute Gasteiger partial charge is 0.244 e. The molecule has 0 radical (unpaired) electrons. The molecule has 0 aliphatic heterocycles. The Kier molecular flexibility index (Phi) is 10.7. The van der Waals surface area contributed by atoms with E-state index in [1.807, 2.05) is 48.5 Å². The molecule has 4 aromatic rings. The largest absolute Gasteiger partial charge is 0.457 e. The van der Waals surface area contributed by atoms with E-state index in [0.29, 0.717) is 17.1 Å². The number of nitrogens with zero attached hydrogens (tertiary/aromatic N) is 2.